The summed E-state index contributed by atoms with van der Waals surface area (Å²) in [5, 5.41) is 3.19. The molecule has 3 rings (SSSR count). The highest BCUT2D eigenvalue weighted by atomic mass is 35.5. The number of furan rings is 1. The number of nitrogens with zero attached hydrogens (tertiary/aromatic N) is 1. The average Bonchev–Trinajstić information content (AvgIpc) is 3.01. The molecule has 2 heterocycles. The Labute approximate surface area is 143 Å². The molecule has 1 saturated heterocycles. The van der Waals surface area contributed by atoms with Crippen molar-refractivity contribution in [3.8, 4) is 0 Å². The highest BCUT2D eigenvalue weighted by molar-refractivity contribution is 5.85. The zero-order valence-corrected chi connectivity index (χ0v) is 13.5. The topological polar surface area (TPSA) is 28.4 Å². The lowest BCUT2D eigenvalue weighted by Gasteiger charge is -2.34. The fraction of sp³-hybridized carbons (Fsp3) is 0.375. The summed E-state index contributed by atoms with van der Waals surface area (Å²) in [5.41, 5.74) is -0.742. The highest BCUT2D eigenvalue weighted by Gasteiger charge is 2.34. The van der Waals surface area contributed by atoms with Gasteiger partial charge >= 0.3 is 6.18 Å². The molecule has 1 aliphatic heterocycles. The summed E-state index contributed by atoms with van der Waals surface area (Å²) in [6.45, 7) is 2.73. The third-order valence-electron chi connectivity index (χ3n) is 3.89. The maximum Gasteiger partial charge on any atom is 0.416 e. The van der Waals surface area contributed by atoms with Gasteiger partial charge in [0, 0.05) is 26.2 Å². The van der Waals surface area contributed by atoms with Crippen molar-refractivity contribution in [3.05, 3.63) is 59.3 Å². The minimum absolute atomic E-state index is 0. The largest absolute Gasteiger partial charge is 0.467 e. The quantitative estimate of drug-likeness (QED) is 0.838. The summed E-state index contributed by atoms with van der Waals surface area (Å²) in [6, 6.07) is 5.49. The number of hydrogen-bond donors (Lipinski definition) is 1. The fourth-order valence-electron chi connectivity index (χ4n) is 2.88. The predicted molar refractivity (Wildman–Crippen MR) is 83.6 cm³/mol. The molecule has 1 fully saturated rings. The lowest BCUT2D eigenvalue weighted by molar-refractivity contribution is -0.137. The van der Waals surface area contributed by atoms with Gasteiger partial charge in [-0.3, -0.25) is 4.90 Å². The van der Waals surface area contributed by atoms with E-state index in [1.54, 1.807) is 12.1 Å². The Morgan fingerprint density at radius 2 is 1.83 bits per heavy atom. The van der Waals surface area contributed by atoms with E-state index in [2.05, 4.69) is 5.32 Å². The van der Waals surface area contributed by atoms with E-state index in [0.29, 0.717) is 24.9 Å². The van der Waals surface area contributed by atoms with Gasteiger partial charge < -0.3 is 9.73 Å². The van der Waals surface area contributed by atoms with Crippen molar-refractivity contribution in [3.63, 3.8) is 0 Å². The second kappa shape index (κ2) is 7.55. The van der Waals surface area contributed by atoms with Crippen LogP contribution in [0.3, 0.4) is 0 Å². The Hall–Kier alpha value is -1.57. The van der Waals surface area contributed by atoms with Crippen LogP contribution in [0.15, 0.2) is 41.0 Å². The Kier molecular flexibility index (Phi) is 5.90. The van der Waals surface area contributed by atoms with Crippen LogP contribution in [0.4, 0.5) is 17.6 Å². The van der Waals surface area contributed by atoms with E-state index in [0.717, 1.165) is 25.2 Å². The van der Waals surface area contributed by atoms with Gasteiger partial charge in [0.05, 0.1) is 17.9 Å². The van der Waals surface area contributed by atoms with Gasteiger partial charge in [-0.1, -0.05) is 0 Å². The average molecular weight is 365 g/mol. The molecule has 0 radical (unpaired) electrons. The minimum Gasteiger partial charge on any atom is -0.467 e. The number of benzene rings is 1. The summed E-state index contributed by atoms with van der Waals surface area (Å²) >= 11 is 0. The summed E-state index contributed by atoms with van der Waals surface area (Å²) < 4.78 is 58.1. The Balaban J connectivity index is 0.00000208. The number of piperazine rings is 1. The number of nitrogens with one attached hydrogen (secondary N) is 1. The van der Waals surface area contributed by atoms with E-state index in [-0.39, 0.29) is 18.0 Å². The van der Waals surface area contributed by atoms with Gasteiger partial charge in [0.1, 0.15) is 11.6 Å². The van der Waals surface area contributed by atoms with Gasteiger partial charge in [-0.2, -0.15) is 13.2 Å². The van der Waals surface area contributed by atoms with Gasteiger partial charge in [-0.25, -0.2) is 4.39 Å². The van der Waals surface area contributed by atoms with Gasteiger partial charge in [0.15, 0.2) is 0 Å². The van der Waals surface area contributed by atoms with Crippen LogP contribution >= 0.6 is 12.4 Å². The molecule has 3 nitrogen and oxygen atoms in total. The molecule has 0 spiro atoms. The Morgan fingerprint density at radius 3 is 2.42 bits per heavy atom. The van der Waals surface area contributed by atoms with Crippen molar-refractivity contribution >= 4 is 12.4 Å². The first-order valence-corrected chi connectivity index (χ1v) is 7.31. The maximum absolute atomic E-state index is 13.8. The zero-order chi connectivity index (χ0) is 16.4. The minimum atomic E-state index is -4.59. The van der Waals surface area contributed by atoms with E-state index in [1.807, 2.05) is 4.90 Å². The fourth-order valence-corrected chi connectivity index (χ4v) is 2.88. The first kappa shape index (κ1) is 18.8. The van der Waals surface area contributed by atoms with Crippen molar-refractivity contribution in [2.75, 3.05) is 26.2 Å². The molecule has 0 amide bonds. The van der Waals surface area contributed by atoms with Gasteiger partial charge in [0.25, 0.3) is 0 Å². The van der Waals surface area contributed by atoms with Gasteiger partial charge in [0.2, 0.25) is 0 Å². The van der Waals surface area contributed by atoms with Crippen LogP contribution < -0.4 is 5.32 Å². The van der Waals surface area contributed by atoms with Crippen molar-refractivity contribution in [2.45, 2.75) is 12.2 Å². The molecule has 1 aromatic carbocycles. The second-order valence-electron chi connectivity index (χ2n) is 5.47. The first-order valence-electron chi connectivity index (χ1n) is 7.31. The van der Waals surface area contributed by atoms with Crippen molar-refractivity contribution < 1.29 is 22.0 Å². The van der Waals surface area contributed by atoms with Crippen LogP contribution in [-0.4, -0.2) is 31.1 Å². The van der Waals surface area contributed by atoms with Crippen LogP contribution in [0.1, 0.15) is 22.9 Å². The molecule has 8 heteroatoms. The number of rotatable bonds is 3. The van der Waals surface area contributed by atoms with Crippen LogP contribution in [0.25, 0.3) is 0 Å². The molecule has 1 N–H and O–H groups in total. The summed E-state index contributed by atoms with van der Waals surface area (Å²) in [4.78, 5) is 1.99. The highest BCUT2D eigenvalue weighted by Crippen LogP contribution is 2.35. The van der Waals surface area contributed by atoms with Crippen LogP contribution in [0.5, 0.6) is 0 Å². The van der Waals surface area contributed by atoms with Crippen LogP contribution in [-0.2, 0) is 6.18 Å². The Morgan fingerprint density at radius 1 is 1.12 bits per heavy atom. The monoisotopic (exact) mass is 364 g/mol. The van der Waals surface area contributed by atoms with Gasteiger partial charge in [-0.05, 0) is 35.9 Å². The number of halogens is 5. The third kappa shape index (κ3) is 4.09. The molecule has 0 saturated carbocycles. The molecule has 0 bridgehead atoms. The van der Waals surface area contributed by atoms with Gasteiger partial charge in [-0.15, -0.1) is 12.4 Å². The molecule has 24 heavy (non-hydrogen) atoms. The van der Waals surface area contributed by atoms with Crippen molar-refractivity contribution in [2.24, 2.45) is 0 Å². The molecule has 1 aliphatic rings. The smallest absolute Gasteiger partial charge is 0.416 e. The van der Waals surface area contributed by atoms with Crippen molar-refractivity contribution in [1.82, 2.24) is 10.2 Å². The molecule has 2 aromatic rings. The Bertz CT molecular complexity index is 655. The molecular weight excluding hydrogens is 348 g/mol. The molecular formula is C16H17ClF4N2O. The predicted octanol–water partition coefficient (Wildman–Crippen LogP) is 3.85. The summed E-state index contributed by atoms with van der Waals surface area (Å²) in [5.74, 6) is -0.396. The third-order valence-corrected chi connectivity index (χ3v) is 3.89. The van der Waals surface area contributed by atoms with E-state index in [4.69, 9.17) is 4.42 Å². The van der Waals surface area contributed by atoms with E-state index < -0.39 is 23.6 Å². The lowest BCUT2D eigenvalue weighted by Crippen LogP contribution is -2.45. The molecule has 0 unspecified atom stereocenters. The summed E-state index contributed by atoms with van der Waals surface area (Å²) in [6.07, 6.45) is -3.12. The van der Waals surface area contributed by atoms with E-state index in [9.17, 15) is 17.6 Å². The zero-order valence-electron chi connectivity index (χ0n) is 12.6. The first-order chi connectivity index (χ1) is 10.9. The number of alkyl halides is 3. The lowest BCUT2D eigenvalue weighted by atomic mass is 9.99. The van der Waals surface area contributed by atoms with Crippen molar-refractivity contribution in [1.29, 1.82) is 0 Å². The molecule has 132 valence electrons. The summed E-state index contributed by atoms with van der Waals surface area (Å²) in [7, 11) is 0. The molecule has 1 aromatic heterocycles. The van der Waals surface area contributed by atoms with E-state index in [1.165, 1.54) is 6.26 Å². The van der Waals surface area contributed by atoms with E-state index >= 15 is 0 Å². The number of hydrogen-bond acceptors (Lipinski definition) is 3. The van der Waals surface area contributed by atoms with Crippen LogP contribution in [0, 0.1) is 5.82 Å². The molecule has 0 aliphatic carbocycles. The van der Waals surface area contributed by atoms with Crippen LogP contribution in [0.2, 0.25) is 0 Å². The second-order valence-corrected chi connectivity index (χ2v) is 5.47. The normalized spacial score (nSPS) is 17.3. The SMILES string of the molecule is Cl.Fc1cc([C@H](c2ccco2)N2CCNCC2)cc(C(F)(F)F)c1. The standard InChI is InChI=1S/C16H16F4N2O.ClH/c17-13-9-11(8-12(10-13)16(18,19)20)15(14-2-1-7-23-14)22-5-3-21-4-6-22;/h1-2,7-10,15,21H,3-6H2;1H/t15-;/m1./s1. The maximum atomic E-state index is 13.8. The molecule has 1 atom stereocenters.